The minimum absolute atomic E-state index is 0. The molecule has 1 atom stereocenters. The molecule has 0 unspecified atom stereocenters. The van der Waals surface area contributed by atoms with Crippen LogP contribution in [0.25, 0.3) is 0 Å². The molecule has 0 aliphatic rings. The van der Waals surface area contributed by atoms with E-state index in [0.29, 0.717) is 0 Å². The van der Waals surface area contributed by atoms with Crippen molar-refractivity contribution < 1.29 is 13.2 Å². The monoisotopic (exact) mass is 299 g/mol. The third kappa shape index (κ3) is 6.52. The van der Waals surface area contributed by atoms with Gasteiger partial charge in [0.25, 0.3) is 0 Å². The van der Waals surface area contributed by atoms with E-state index in [0.717, 1.165) is 16.2 Å². The van der Waals surface area contributed by atoms with Crippen LogP contribution in [-0.2, 0) is 0 Å². The third-order valence-corrected chi connectivity index (χ3v) is 3.25. The van der Waals surface area contributed by atoms with Crippen LogP contribution in [0.4, 0.5) is 13.2 Å². The van der Waals surface area contributed by atoms with Gasteiger partial charge in [0.05, 0.1) is 0 Å². The van der Waals surface area contributed by atoms with Gasteiger partial charge >= 0.3 is 6.18 Å². The number of halogens is 4. The molecule has 0 bridgehead atoms. The molecule has 0 aromatic heterocycles. The lowest BCUT2D eigenvalue weighted by atomic mass is 10.0. The minimum atomic E-state index is -4.13. The molecule has 18 heavy (non-hydrogen) atoms. The second-order valence-corrected chi connectivity index (χ2v) is 5.10. The molecule has 0 heterocycles. The van der Waals surface area contributed by atoms with Crippen LogP contribution in [0.2, 0.25) is 0 Å². The Kier molecular flexibility index (Phi) is 7.75. The van der Waals surface area contributed by atoms with Crippen LogP contribution in [0.5, 0.6) is 0 Å². The number of rotatable bonds is 5. The van der Waals surface area contributed by atoms with Crippen LogP contribution in [0.1, 0.15) is 31.4 Å². The van der Waals surface area contributed by atoms with E-state index in [1.165, 1.54) is 0 Å². The largest absolute Gasteiger partial charge is 0.389 e. The topological polar surface area (TPSA) is 26.0 Å². The van der Waals surface area contributed by atoms with Crippen molar-refractivity contribution in [2.24, 2.45) is 5.73 Å². The summed E-state index contributed by atoms with van der Waals surface area (Å²) in [5.41, 5.74) is 6.48. The standard InChI is InChI=1S/C12H16F3NS.ClH/c1-2-17-10-5-3-9(4-6-10)11(16)7-8-12(13,14)15;/h3-6,11H,2,7-8,16H2,1H3;1H/t11-;/m1./s1. The van der Waals surface area contributed by atoms with E-state index in [1.807, 2.05) is 19.1 Å². The van der Waals surface area contributed by atoms with Crippen molar-refractivity contribution in [1.82, 2.24) is 0 Å². The second-order valence-electron chi connectivity index (χ2n) is 3.76. The molecule has 1 aromatic rings. The maximum Gasteiger partial charge on any atom is 0.389 e. The van der Waals surface area contributed by atoms with Gasteiger partial charge in [-0.25, -0.2) is 0 Å². The molecule has 0 aliphatic carbocycles. The third-order valence-electron chi connectivity index (χ3n) is 2.36. The van der Waals surface area contributed by atoms with Gasteiger partial charge in [-0.2, -0.15) is 13.2 Å². The highest BCUT2D eigenvalue weighted by molar-refractivity contribution is 7.99. The van der Waals surface area contributed by atoms with E-state index >= 15 is 0 Å². The zero-order valence-corrected chi connectivity index (χ0v) is 11.7. The molecule has 1 aromatic carbocycles. The Labute approximate surface area is 116 Å². The first-order chi connectivity index (χ1) is 7.92. The summed E-state index contributed by atoms with van der Waals surface area (Å²) in [6.45, 7) is 2.05. The molecule has 0 spiro atoms. The van der Waals surface area contributed by atoms with Crippen molar-refractivity contribution in [2.45, 2.75) is 36.9 Å². The van der Waals surface area contributed by atoms with Gasteiger partial charge in [-0.1, -0.05) is 19.1 Å². The zero-order chi connectivity index (χ0) is 12.9. The van der Waals surface area contributed by atoms with Crippen LogP contribution in [-0.4, -0.2) is 11.9 Å². The van der Waals surface area contributed by atoms with Crippen molar-refractivity contribution >= 4 is 24.2 Å². The summed E-state index contributed by atoms with van der Waals surface area (Å²) >= 11 is 1.69. The van der Waals surface area contributed by atoms with Crippen molar-refractivity contribution in [3.63, 3.8) is 0 Å². The van der Waals surface area contributed by atoms with E-state index in [1.54, 1.807) is 23.9 Å². The summed E-state index contributed by atoms with van der Waals surface area (Å²) in [5.74, 6) is 0.972. The first kappa shape index (κ1) is 17.6. The van der Waals surface area contributed by atoms with Crippen LogP contribution in [0, 0.1) is 0 Å². The van der Waals surface area contributed by atoms with E-state index in [9.17, 15) is 13.2 Å². The van der Waals surface area contributed by atoms with Gasteiger partial charge in [-0.3, -0.25) is 0 Å². The van der Waals surface area contributed by atoms with Gasteiger partial charge in [-0.15, -0.1) is 24.2 Å². The zero-order valence-electron chi connectivity index (χ0n) is 10.0. The van der Waals surface area contributed by atoms with Gasteiger partial charge in [0.2, 0.25) is 0 Å². The van der Waals surface area contributed by atoms with Gasteiger partial charge in [0, 0.05) is 17.4 Å². The SMILES string of the molecule is CCSc1ccc([C@H](N)CCC(F)(F)F)cc1.Cl. The molecule has 0 saturated carbocycles. The Balaban J connectivity index is 0.00000289. The number of benzene rings is 1. The number of alkyl halides is 3. The predicted molar refractivity (Wildman–Crippen MR) is 72.3 cm³/mol. The first-order valence-corrected chi connectivity index (χ1v) is 6.46. The minimum Gasteiger partial charge on any atom is -0.324 e. The molecule has 104 valence electrons. The van der Waals surface area contributed by atoms with Gasteiger partial charge < -0.3 is 5.73 Å². The molecule has 0 fully saturated rings. The fraction of sp³-hybridized carbons (Fsp3) is 0.500. The van der Waals surface area contributed by atoms with Crippen LogP contribution in [0.3, 0.4) is 0 Å². The Morgan fingerprint density at radius 2 is 1.78 bits per heavy atom. The Bertz CT molecular complexity index is 340. The fourth-order valence-electron chi connectivity index (χ4n) is 1.46. The molecule has 0 aliphatic heterocycles. The van der Waals surface area contributed by atoms with Crippen molar-refractivity contribution in [1.29, 1.82) is 0 Å². The van der Waals surface area contributed by atoms with Gasteiger partial charge in [0.1, 0.15) is 0 Å². The maximum atomic E-state index is 12.0. The highest BCUT2D eigenvalue weighted by atomic mass is 35.5. The Morgan fingerprint density at radius 1 is 1.22 bits per heavy atom. The summed E-state index contributed by atoms with van der Waals surface area (Å²) in [5, 5.41) is 0. The van der Waals surface area contributed by atoms with Crippen molar-refractivity contribution in [2.75, 3.05) is 5.75 Å². The average molecular weight is 300 g/mol. The smallest absolute Gasteiger partial charge is 0.324 e. The highest BCUT2D eigenvalue weighted by Gasteiger charge is 2.27. The van der Waals surface area contributed by atoms with Crippen molar-refractivity contribution in [3.8, 4) is 0 Å². The van der Waals surface area contributed by atoms with Crippen molar-refractivity contribution in [3.05, 3.63) is 29.8 Å². The molecule has 2 N–H and O–H groups in total. The van der Waals surface area contributed by atoms with Crippen LogP contribution in [0.15, 0.2) is 29.2 Å². The Hall–Kier alpha value is -0.390. The molecule has 0 saturated heterocycles. The van der Waals surface area contributed by atoms with E-state index in [2.05, 4.69) is 0 Å². The lowest BCUT2D eigenvalue weighted by Gasteiger charge is -2.13. The molecule has 0 amide bonds. The summed E-state index contributed by atoms with van der Waals surface area (Å²) < 4.78 is 36.1. The summed E-state index contributed by atoms with van der Waals surface area (Å²) in [7, 11) is 0. The lowest BCUT2D eigenvalue weighted by Crippen LogP contribution is -2.15. The summed E-state index contributed by atoms with van der Waals surface area (Å²) in [4.78, 5) is 1.11. The fourth-order valence-corrected chi connectivity index (χ4v) is 2.13. The normalized spacial score (nSPS) is 12.9. The van der Waals surface area contributed by atoms with E-state index in [-0.39, 0.29) is 18.8 Å². The van der Waals surface area contributed by atoms with Crippen LogP contribution < -0.4 is 5.73 Å². The van der Waals surface area contributed by atoms with Gasteiger partial charge in [0.15, 0.2) is 0 Å². The Morgan fingerprint density at radius 3 is 2.22 bits per heavy atom. The molecular formula is C12H17ClF3NS. The number of hydrogen-bond donors (Lipinski definition) is 1. The van der Waals surface area contributed by atoms with Crippen LogP contribution >= 0.6 is 24.2 Å². The molecular weight excluding hydrogens is 283 g/mol. The molecule has 0 radical (unpaired) electrons. The quantitative estimate of drug-likeness (QED) is 0.806. The van der Waals surface area contributed by atoms with E-state index in [4.69, 9.17) is 5.73 Å². The molecule has 1 nitrogen and oxygen atoms in total. The predicted octanol–water partition coefficient (Wildman–Crippen LogP) is 4.56. The second kappa shape index (κ2) is 7.92. The summed E-state index contributed by atoms with van der Waals surface area (Å²) in [6, 6.07) is 6.86. The van der Waals surface area contributed by atoms with E-state index < -0.39 is 18.6 Å². The van der Waals surface area contributed by atoms with Gasteiger partial charge in [-0.05, 0) is 29.9 Å². The average Bonchev–Trinajstić information content (AvgIpc) is 2.26. The highest BCUT2D eigenvalue weighted by Crippen LogP contribution is 2.27. The molecule has 6 heteroatoms. The molecule has 1 rings (SSSR count). The number of nitrogens with two attached hydrogens (primary N) is 1. The number of hydrogen-bond acceptors (Lipinski definition) is 2. The lowest BCUT2D eigenvalue weighted by molar-refractivity contribution is -0.136. The first-order valence-electron chi connectivity index (χ1n) is 5.47. The number of thioether (sulfide) groups is 1. The summed E-state index contributed by atoms with van der Waals surface area (Å²) in [6.07, 6.45) is -5.03. The maximum absolute atomic E-state index is 12.0.